The van der Waals surface area contributed by atoms with Crippen LogP contribution < -0.4 is 10.6 Å². The summed E-state index contributed by atoms with van der Waals surface area (Å²) in [7, 11) is 0. The highest BCUT2D eigenvalue weighted by Crippen LogP contribution is 2.18. The second-order valence-corrected chi connectivity index (χ2v) is 5.07. The molecule has 0 bridgehead atoms. The molecule has 0 radical (unpaired) electrons. The molecule has 110 valence electrons. The van der Waals surface area contributed by atoms with Crippen molar-refractivity contribution in [3.05, 3.63) is 48.4 Å². The van der Waals surface area contributed by atoms with Crippen molar-refractivity contribution in [1.82, 2.24) is 0 Å². The first-order chi connectivity index (χ1) is 10.3. The van der Waals surface area contributed by atoms with Crippen LogP contribution in [0.3, 0.4) is 0 Å². The Labute approximate surface area is 123 Å². The Balaban J connectivity index is 1.57. The van der Waals surface area contributed by atoms with Crippen molar-refractivity contribution in [3.8, 4) is 0 Å². The summed E-state index contributed by atoms with van der Waals surface area (Å²) in [5.74, 6) is 0.0537. The molecule has 2 N–H and O–H groups in total. The molecule has 5 heteroatoms. The number of carbonyl (C=O) groups is 1. The van der Waals surface area contributed by atoms with Crippen molar-refractivity contribution in [1.29, 1.82) is 0 Å². The van der Waals surface area contributed by atoms with Crippen LogP contribution in [0, 0.1) is 0 Å². The average Bonchev–Trinajstić information content (AvgIpc) is 3.05. The summed E-state index contributed by atoms with van der Waals surface area (Å²) >= 11 is 0. The van der Waals surface area contributed by atoms with E-state index in [4.69, 9.17) is 9.15 Å². The van der Waals surface area contributed by atoms with Crippen LogP contribution in [0.1, 0.15) is 23.4 Å². The van der Waals surface area contributed by atoms with Gasteiger partial charge in [0.15, 0.2) is 5.76 Å². The molecule has 5 nitrogen and oxygen atoms in total. The van der Waals surface area contributed by atoms with Crippen LogP contribution in [0.4, 0.5) is 11.4 Å². The molecule has 0 aliphatic carbocycles. The van der Waals surface area contributed by atoms with Gasteiger partial charge in [-0.25, -0.2) is 0 Å². The molecule has 1 aromatic carbocycles. The zero-order valence-electron chi connectivity index (χ0n) is 11.7. The van der Waals surface area contributed by atoms with E-state index in [0.717, 1.165) is 37.4 Å². The van der Waals surface area contributed by atoms with Crippen LogP contribution in [0.2, 0.25) is 0 Å². The first-order valence-corrected chi connectivity index (χ1v) is 7.10. The fourth-order valence-electron chi connectivity index (χ4n) is 2.34. The Kier molecular flexibility index (Phi) is 4.21. The van der Waals surface area contributed by atoms with E-state index in [1.165, 1.54) is 6.26 Å². The highest BCUT2D eigenvalue weighted by Gasteiger charge is 2.13. The molecule has 1 saturated heterocycles. The topological polar surface area (TPSA) is 63.5 Å². The van der Waals surface area contributed by atoms with E-state index in [0.29, 0.717) is 11.8 Å². The molecular formula is C16H18N2O3. The van der Waals surface area contributed by atoms with E-state index < -0.39 is 0 Å². The first-order valence-electron chi connectivity index (χ1n) is 7.10. The van der Waals surface area contributed by atoms with Crippen molar-refractivity contribution in [2.45, 2.75) is 18.9 Å². The van der Waals surface area contributed by atoms with Crippen LogP contribution in [-0.2, 0) is 4.74 Å². The quantitative estimate of drug-likeness (QED) is 0.906. The minimum Gasteiger partial charge on any atom is -0.459 e. The number of furan rings is 1. The van der Waals surface area contributed by atoms with Gasteiger partial charge >= 0.3 is 0 Å². The number of benzene rings is 1. The summed E-state index contributed by atoms with van der Waals surface area (Å²) in [5.41, 5.74) is 1.77. The molecule has 0 saturated carbocycles. The highest BCUT2D eigenvalue weighted by molar-refractivity contribution is 6.02. The van der Waals surface area contributed by atoms with E-state index in [2.05, 4.69) is 10.6 Å². The van der Waals surface area contributed by atoms with Crippen LogP contribution >= 0.6 is 0 Å². The Bertz CT molecular complexity index is 572. The number of carbonyl (C=O) groups excluding carboxylic acids is 1. The van der Waals surface area contributed by atoms with Crippen molar-refractivity contribution >= 4 is 17.3 Å². The minimum absolute atomic E-state index is 0.249. The molecule has 1 aromatic heterocycles. The van der Waals surface area contributed by atoms with Crippen molar-refractivity contribution in [2.75, 3.05) is 23.8 Å². The first kappa shape index (κ1) is 13.7. The number of ether oxygens (including phenoxy) is 1. The van der Waals surface area contributed by atoms with Gasteiger partial charge in [0, 0.05) is 24.0 Å². The van der Waals surface area contributed by atoms with Gasteiger partial charge in [-0.1, -0.05) is 0 Å². The van der Waals surface area contributed by atoms with Crippen LogP contribution in [0.25, 0.3) is 0 Å². The monoisotopic (exact) mass is 286 g/mol. The van der Waals surface area contributed by atoms with Gasteiger partial charge in [-0.3, -0.25) is 4.79 Å². The molecule has 1 unspecified atom stereocenters. The maximum atomic E-state index is 11.8. The van der Waals surface area contributed by atoms with E-state index in [1.807, 2.05) is 24.3 Å². The zero-order chi connectivity index (χ0) is 14.5. The predicted octanol–water partition coefficient (Wildman–Crippen LogP) is 3.12. The summed E-state index contributed by atoms with van der Waals surface area (Å²) in [4.78, 5) is 11.8. The van der Waals surface area contributed by atoms with Crippen molar-refractivity contribution in [3.63, 3.8) is 0 Å². The number of anilines is 2. The molecule has 3 rings (SSSR count). The lowest BCUT2D eigenvalue weighted by atomic mass is 10.1. The third kappa shape index (κ3) is 3.64. The third-order valence-corrected chi connectivity index (χ3v) is 3.42. The van der Waals surface area contributed by atoms with Gasteiger partial charge < -0.3 is 19.8 Å². The van der Waals surface area contributed by atoms with Gasteiger partial charge in [-0.2, -0.15) is 0 Å². The van der Waals surface area contributed by atoms with Gasteiger partial charge in [0.2, 0.25) is 0 Å². The summed E-state index contributed by atoms with van der Waals surface area (Å²) in [6, 6.07) is 11.3. The van der Waals surface area contributed by atoms with Gasteiger partial charge in [0.05, 0.1) is 12.9 Å². The normalized spacial score (nSPS) is 18.2. The molecule has 2 heterocycles. The lowest BCUT2D eigenvalue weighted by Crippen LogP contribution is -2.29. The average molecular weight is 286 g/mol. The third-order valence-electron chi connectivity index (χ3n) is 3.42. The number of amides is 1. The van der Waals surface area contributed by atoms with E-state index in [1.54, 1.807) is 12.1 Å². The molecule has 0 spiro atoms. The van der Waals surface area contributed by atoms with Crippen LogP contribution in [0.15, 0.2) is 47.1 Å². The number of nitrogens with one attached hydrogen (secondary N) is 2. The maximum Gasteiger partial charge on any atom is 0.291 e. The van der Waals surface area contributed by atoms with Crippen molar-refractivity contribution in [2.24, 2.45) is 0 Å². The minimum atomic E-state index is -0.249. The highest BCUT2D eigenvalue weighted by atomic mass is 16.5. The lowest BCUT2D eigenvalue weighted by molar-refractivity contribution is 0.0876. The van der Waals surface area contributed by atoms with Gasteiger partial charge in [-0.15, -0.1) is 0 Å². The van der Waals surface area contributed by atoms with E-state index in [-0.39, 0.29) is 5.91 Å². The lowest BCUT2D eigenvalue weighted by Gasteiger charge is -2.24. The molecule has 2 aromatic rings. The molecule has 1 fully saturated rings. The fraction of sp³-hybridized carbons (Fsp3) is 0.312. The van der Waals surface area contributed by atoms with E-state index in [9.17, 15) is 4.79 Å². The Morgan fingerprint density at radius 3 is 2.62 bits per heavy atom. The Morgan fingerprint density at radius 1 is 1.14 bits per heavy atom. The zero-order valence-corrected chi connectivity index (χ0v) is 11.7. The number of rotatable bonds is 4. The Hall–Kier alpha value is -2.27. The molecule has 1 aliphatic heterocycles. The summed E-state index contributed by atoms with van der Waals surface area (Å²) in [6.07, 6.45) is 3.69. The van der Waals surface area contributed by atoms with Gasteiger partial charge in [0.25, 0.3) is 5.91 Å². The second-order valence-electron chi connectivity index (χ2n) is 5.07. The summed E-state index contributed by atoms with van der Waals surface area (Å²) < 4.78 is 10.5. The predicted molar refractivity (Wildman–Crippen MR) is 80.6 cm³/mol. The SMILES string of the molecule is O=C(Nc1ccc(NC2CCCOC2)cc1)c1ccco1. The molecule has 1 amide bonds. The molecular weight excluding hydrogens is 268 g/mol. The molecule has 21 heavy (non-hydrogen) atoms. The largest absolute Gasteiger partial charge is 0.459 e. The number of hydrogen-bond donors (Lipinski definition) is 2. The van der Waals surface area contributed by atoms with Crippen molar-refractivity contribution < 1.29 is 13.9 Å². The molecule has 1 aliphatic rings. The summed E-state index contributed by atoms with van der Waals surface area (Å²) in [5, 5.41) is 6.22. The Morgan fingerprint density at radius 2 is 1.95 bits per heavy atom. The van der Waals surface area contributed by atoms with Crippen LogP contribution in [0.5, 0.6) is 0 Å². The maximum absolute atomic E-state index is 11.8. The fourth-order valence-corrected chi connectivity index (χ4v) is 2.34. The standard InChI is InChI=1S/C16H18N2O3/c19-16(15-4-2-10-21-15)18-13-7-5-12(6-8-13)17-14-3-1-9-20-11-14/h2,4-8,10,14,17H,1,3,9,11H2,(H,18,19). The van der Waals surface area contributed by atoms with Crippen LogP contribution in [-0.4, -0.2) is 25.2 Å². The molecule has 1 atom stereocenters. The second kappa shape index (κ2) is 6.45. The van der Waals surface area contributed by atoms with Gasteiger partial charge in [0.1, 0.15) is 0 Å². The van der Waals surface area contributed by atoms with E-state index >= 15 is 0 Å². The smallest absolute Gasteiger partial charge is 0.291 e. The number of hydrogen-bond acceptors (Lipinski definition) is 4. The summed E-state index contributed by atoms with van der Waals surface area (Å²) in [6.45, 7) is 1.60. The van der Waals surface area contributed by atoms with Gasteiger partial charge in [-0.05, 0) is 49.2 Å².